The highest BCUT2D eigenvalue weighted by Gasteiger charge is 2.18. The lowest BCUT2D eigenvalue weighted by Crippen LogP contribution is -2.54. The van der Waals surface area contributed by atoms with Gasteiger partial charge in [-0.1, -0.05) is 39.0 Å². The molecule has 1 amide bonds. The van der Waals surface area contributed by atoms with Crippen LogP contribution in [0.5, 0.6) is 0 Å². The van der Waals surface area contributed by atoms with Gasteiger partial charge in [0.25, 0.3) is 0 Å². The van der Waals surface area contributed by atoms with Gasteiger partial charge in [-0.05, 0) is 25.2 Å². The van der Waals surface area contributed by atoms with E-state index in [-0.39, 0.29) is 5.91 Å². The smallest absolute Gasteiger partial charge is 0.226 e. The van der Waals surface area contributed by atoms with E-state index in [1.54, 1.807) is 0 Å². The zero-order valence-corrected chi connectivity index (χ0v) is 14.7. The van der Waals surface area contributed by atoms with Gasteiger partial charge in [0.1, 0.15) is 0 Å². The number of hydrogen-bond acceptors (Lipinski definition) is 2. The third-order valence-electron chi connectivity index (χ3n) is 4.45. The van der Waals surface area contributed by atoms with Gasteiger partial charge in [0.2, 0.25) is 11.6 Å². The van der Waals surface area contributed by atoms with Gasteiger partial charge in [-0.15, -0.1) is 0 Å². The summed E-state index contributed by atoms with van der Waals surface area (Å²) < 4.78 is 0. The second-order valence-corrected chi connectivity index (χ2v) is 5.72. The van der Waals surface area contributed by atoms with Crippen LogP contribution in [-0.2, 0) is 4.79 Å². The maximum atomic E-state index is 12.5. The van der Waals surface area contributed by atoms with Crippen molar-refractivity contribution in [2.45, 2.75) is 27.2 Å². The highest BCUT2D eigenvalue weighted by atomic mass is 16.2. The Kier molecular flexibility index (Phi) is 6.44. The summed E-state index contributed by atoms with van der Waals surface area (Å²) in [6.07, 6.45) is 0.465. The number of likely N-dealkylation sites (N-methyl/N-ethyl adjacent to an activating group) is 1. The van der Waals surface area contributed by atoms with Crippen LogP contribution in [0.15, 0.2) is 36.4 Å². The summed E-state index contributed by atoms with van der Waals surface area (Å²) in [6, 6.07) is 11.5. The van der Waals surface area contributed by atoms with Crippen molar-refractivity contribution in [1.29, 1.82) is 0 Å². The van der Waals surface area contributed by atoms with Crippen molar-refractivity contribution in [3.8, 4) is 0 Å². The molecule has 5 heteroatoms. The van der Waals surface area contributed by atoms with E-state index in [2.05, 4.69) is 23.9 Å². The number of rotatable bonds is 8. The molecule has 0 unspecified atom stereocenters. The Labute approximate surface area is 143 Å². The predicted octanol–water partition coefficient (Wildman–Crippen LogP) is 2.66. The van der Waals surface area contributed by atoms with E-state index in [1.807, 2.05) is 48.2 Å². The third kappa shape index (κ3) is 3.79. The van der Waals surface area contributed by atoms with E-state index in [1.165, 1.54) is 0 Å². The van der Waals surface area contributed by atoms with Crippen molar-refractivity contribution >= 4 is 28.1 Å². The van der Waals surface area contributed by atoms with Crippen LogP contribution in [0.25, 0.3) is 16.3 Å². The van der Waals surface area contributed by atoms with Crippen LogP contribution in [0.4, 0.5) is 11.4 Å². The summed E-state index contributed by atoms with van der Waals surface area (Å²) in [6.45, 7) is 9.59. The summed E-state index contributed by atoms with van der Waals surface area (Å²) in [5, 5.41) is 4.09. The molecule has 0 bridgehead atoms. The molecule has 0 aliphatic carbocycles. The molecule has 0 heterocycles. The Hall–Kier alpha value is -2.27. The SMILES string of the molecule is CCC(=O)N(CCN(CC)CC)c1ccc([NH+]=[N-])c2ccccc12. The molecule has 0 spiro atoms. The lowest BCUT2D eigenvalue weighted by atomic mass is 10.1. The molecule has 1 N–H and O–H groups in total. The van der Waals surface area contributed by atoms with Crippen molar-refractivity contribution in [2.75, 3.05) is 31.1 Å². The summed E-state index contributed by atoms with van der Waals surface area (Å²) >= 11 is 0. The van der Waals surface area contributed by atoms with Gasteiger partial charge in [-0.2, -0.15) is 0 Å². The van der Waals surface area contributed by atoms with E-state index in [0.29, 0.717) is 18.7 Å². The minimum atomic E-state index is 0.108. The van der Waals surface area contributed by atoms with Gasteiger partial charge in [-0.3, -0.25) is 9.91 Å². The second-order valence-electron chi connectivity index (χ2n) is 5.72. The van der Waals surface area contributed by atoms with E-state index in [0.717, 1.165) is 36.1 Å². The summed E-state index contributed by atoms with van der Waals surface area (Å²) in [4.78, 5) is 16.7. The van der Waals surface area contributed by atoms with Crippen molar-refractivity contribution in [3.63, 3.8) is 0 Å². The zero-order chi connectivity index (χ0) is 17.5. The molecule has 0 atom stereocenters. The van der Waals surface area contributed by atoms with Gasteiger partial charge in [0.05, 0.1) is 11.1 Å². The molecule has 0 aromatic heterocycles. The molecule has 0 fully saturated rings. The summed E-state index contributed by atoms with van der Waals surface area (Å²) in [5.74, 6) is 0.108. The molecule has 0 saturated carbocycles. The third-order valence-corrected chi connectivity index (χ3v) is 4.45. The standard InChI is InChI=1S/C19H26N4O/c1-4-19(24)23(14-13-22(5-2)6-3)18-12-11-17(21-20)15-9-7-8-10-16(15)18/h7-12,21H,4-6,13-14H2,1-3H3. The quantitative estimate of drug-likeness (QED) is 0.758. The van der Waals surface area contributed by atoms with Gasteiger partial charge >= 0.3 is 0 Å². The Balaban J connectivity index is 2.45. The molecule has 2 rings (SSSR count). The Morgan fingerprint density at radius 1 is 1.00 bits per heavy atom. The van der Waals surface area contributed by atoms with Gasteiger partial charge in [-0.25, -0.2) is 0 Å². The molecule has 5 nitrogen and oxygen atoms in total. The van der Waals surface area contributed by atoms with E-state index in [4.69, 9.17) is 0 Å². The molecule has 0 saturated heterocycles. The van der Waals surface area contributed by atoms with Crippen molar-refractivity contribution < 1.29 is 9.91 Å². The lowest BCUT2D eigenvalue weighted by molar-refractivity contribution is -0.377. The fourth-order valence-corrected chi connectivity index (χ4v) is 2.97. The summed E-state index contributed by atoms with van der Waals surface area (Å²) in [5.41, 5.74) is 10.9. The van der Waals surface area contributed by atoms with Crippen LogP contribution in [0.2, 0.25) is 0 Å². The molecular formula is C19H26N4O. The number of fused-ring (bicyclic) bond motifs is 1. The molecule has 2 aromatic rings. The number of hydrogen-bond donors (Lipinski definition) is 1. The van der Waals surface area contributed by atoms with Gasteiger partial charge in [0, 0.05) is 31.0 Å². The fourth-order valence-electron chi connectivity index (χ4n) is 2.97. The number of benzene rings is 2. The molecule has 0 aliphatic heterocycles. The Bertz CT molecular complexity index is 710. The number of carbonyl (C=O) groups excluding carboxylic acids is 1. The summed E-state index contributed by atoms with van der Waals surface area (Å²) in [7, 11) is 0. The Morgan fingerprint density at radius 2 is 1.67 bits per heavy atom. The van der Waals surface area contributed by atoms with Crippen LogP contribution in [0.3, 0.4) is 0 Å². The number of nitrogens with one attached hydrogen (secondary N) is 1. The van der Waals surface area contributed by atoms with Crippen molar-refractivity contribution in [3.05, 3.63) is 41.9 Å². The number of carbonyl (C=O) groups is 1. The van der Waals surface area contributed by atoms with Crippen LogP contribution < -0.4 is 10.0 Å². The molecule has 128 valence electrons. The lowest BCUT2D eigenvalue weighted by Gasteiger charge is -2.27. The predicted molar refractivity (Wildman–Crippen MR) is 98.4 cm³/mol. The maximum Gasteiger partial charge on any atom is 0.226 e. The fraction of sp³-hybridized carbons (Fsp3) is 0.421. The maximum absolute atomic E-state index is 12.5. The van der Waals surface area contributed by atoms with E-state index >= 15 is 0 Å². The average molecular weight is 326 g/mol. The Morgan fingerprint density at radius 3 is 2.25 bits per heavy atom. The normalized spacial score (nSPS) is 11.0. The number of nitrogens with zero attached hydrogens (tertiary/aromatic N) is 3. The molecule has 24 heavy (non-hydrogen) atoms. The van der Waals surface area contributed by atoms with E-state index in [9.17, 15) is 10.3 Å². The van der Waals surface area contributed by atoms with Gasteiger partial charge < -0.3 is 15.3 Å². The average Bonchev–Trinajstić information content (AvgIpc) is 2.64. The van der Waals surface area contributed by atoms with Gasteiger partial charge in [0.15, 0.2) is 0 Å². The highest BCUT2D eigenvalue weighted by molar-refractivity contribution is 6.06. The first kappa shape index (κ1) is 18.1. The topological polar surface area (TPSA) is 59.8 Å². The second kappa shape index (κ2) is 8.55. The van der Waals surface area contributed by atoms with Crippen LogP contribution in [0.1, 0.15) is 27.2 Å². The van der Waals surface area contributed by atoms with Crippen molar-refractivity contribution in [1.82, 2.24) is 4.90 Å². The first-order chi connectivity index (χ1) is 11.7. The molecule has 0 radical (unpaired) electrons. The first-order valence-corrected chi connectivity index (χ1v) is 8.60. The largest absolute Gasteiger partial charge is 0.502 e. The molecular weight excluding hydrogens is 300 g/mol. The minimum Gasteiger partial charge on any atom is -0.502 e. The molecule has 2 aromatic carbocycles. The van der Waals surface area contributed by atoms with E-state index < -0.39 is 0 Å². The number of anilines is 1. The monoisotopic (exact) mass is 326 g/mol. The van der Waals surface area contributed by atoms with Crippen LogP contribution in [0, 0.1) is 0 Å². The van der Waals surface area contributed by atoms with Crippen LogP contribution >= 0.6 is 0 Å². The number of amides is 1. The minimum absolute atomic E-state index is 0.108. The zero-order valence-electron chi connectivity index (χ0n) is 14.7. The highest BCUT2D eigenvalue weighted by Crippen LogP contribution is 2.30. The van der Waals surface area contributed by atoms with Crippen LogP contribution in [-0.4, -0.2) is 37.0 Å². The van der Waals surface area contributed by atoms with Crippen molar-refractivity contribution in [2.24, 2.45) is 0 Å². The molecule has 0 aliphatic rings. The first-order valence-electron chi connectivity index (χ1n) is 8.60.